The molecule has 1 amide bonds. The lowest BCUT2D eigenvalue weighted by molar-refractivity contribution is 0.0853. The van der Waals surface area contributed by atoms with Crippen molar-refractivity contribution in [3.63, 3.8) is 0 Å². The van der Waals surface area contributed by atoms with Crippen molar-refractivity contribution in [1.82, 2.24) is 15.3 Å². The normalized spacial score (nSPS) is 16.6. The van der Waals surface area contributed by atoms with Gasteiger partial charge in [0.25, 0.3) is 5.91 Å². The van der Waals surface area contributed by atoms with Gasteiger partial charge in [0.1, 0.15) is 23.2 Å². The van der Waals surface area contributed by atoms with Crippen LogP contribution in [0.15, 0.2) is 30.3 Å². The number of hydrogen-bond donors (Lipinski definition) is 2. The molecule has 1 unspecified atom stereocenters. The minimum absolute atomic E-state index is 0.0861. The van der Waals surface area contributed by atoms with E-state index >= 15 is 0 Å². The van der Waals surface area contributed by atoms with Gasteiger partial charge in [-0.3, -0.25) is 4.79 Å². The van der Waals surface area contributed by atoms with Crippen LogP contribution in [0.3, 0.4) is 0 Å². The van der Waals surface area contributed by atoms with E-state index in [-0.39, 0.29) is 17.8 Å². The molecule has 1 aliphatic rings. The van der Waals surface area contributed by atoms with Crippen molar-refractivity contribution in [3.8, 4) is 0 Å². The van der Waals surface area contributed by atoms with E-state index < -0.39 is 0 Å². The smallest absolute Gasteiger partial charge is 0.270 e. The number of aromatic nitrogens is 2. The van der Waals surface area contributed by atoms with Crippen molar-refractivity contribution in [3.05, 3.63) is 53.2 Å². The van der Waals surface area contributed by atoms with Crippen molar-refractivity contribution >= 4 is 11.7 Å². The van der Waals surface area contributed by atoms with Gasteiger partial charge in [-0.2, -0.15) is 0 Å². The molecule has 2 heterocycles. The van der Waals surface area contributed by atoms with E-state index in [0.717, 1.165) is 25.0 Å². The van der Waals surface area contributed by atoms with Crippen LogP contribution in [0.2, 0.25) is 0 Å². The molecule has 1 aromatic carbocycles. The van der Waals surface area contributed by atoms with Gasteiger partial charge < -0.3 is 15.4 Å². The Hall–Kier alpha value is -2.54. The molecule has 0 bridgehead atoms. The van der Waals surface area contributed by atoms with Crippen LogP contribution in [0.4, 0.5) is 10.2 Å². The maximum Gasteiger partial charge on any atom is 0.270 e. The van der Waals surface area contributed by atoms with Gasteiger partial charge in [-0.15, -0.1) is 0 Å². The first kappa shape index (κ1) is 17.3. The van der Waals surface area contributed by atoms with E-state index in [0.29, 0.717) is 30.4 Å². The molecule has 0 spiro atoms. The summed E-state index contributed by atoms with van der Waals surface area (Å²) in [4.78, 5) is 20.8. The van der Waals surface area contributed by atoms with Crippen LogP contribution in [0.5, 0.6) is 0 Å². The number of carbonyl (C=O) groups excluding carboxylic acids is 1. The Bertz CT molecular complexity index is 730. The summed E-state index contributed by atoms with van der Waals surface area (Å²) in [5, 5.41) is 5.99. The third-order valence-electron chi connectivity index (χ3n) is 3.97. The Morgan fingerprint density at radius 2 is 2.12 bits per heavy atom. The van der Waals surface area contributed by atoms with E-state index in [1.807, 2.05) is 0 Å². The minimum atomic E-state index is -0.271. The van der Waals surface area contributed by atoms with Gasteiger partial charge in [-0.1, -0.05) is 12.1 Å². The number of nitrogens with one attached hydrogen (secondary N) is 2. The topological polar surface area (TPSA) is 76.1 Å². The number of hydrogen-bond acceptors (Lipinski definition) is 5. The highest BCUT2D eigenvalue weighted by Crippen LogP contribution is 2.12. The van der Waals surface area contributed by atoms with Gasteiger partial charge in [0.15, 0.2) is 0 Å². The fraction of sp³-hybridized carbons (Fsp3) is 0.389. The first-order valence-electron chi connectivity index (χ1n) is 8.34. The Labute approximate surface area is 145 Å². The Morgan fingerprint density at radius 1 is 1.32 bits per heavy atom. The molecule has 25 heavy (non-hydrogen) atoms. The molecule has 0 radical (unpaired) electrons. The van der Waals surface area contributed by atoms with E-state index in [4.69, 9.17) is 4.74 Å². The van der Waals surface area contributed by atoms with Crippen LogP contribution in [0.25, 0.3) is 0 Å². The molecule has 1 fully saturated rings. The van der Waals surface area contributed by atoms with E-state index in [2.05, 4.69) is 20.6 Å². The number of anilines is 1. The summed E-state index contributed by atoms with van der Waals surface area (Å²) in [7, 11) is 0. The maximum atomic E-state index is 12.9. The van der Waals surface area contributed by atoms with Crippen LogP contribution in [-0.4, -0.2) is 35.1 Å². The third-order valence-corrected chi connectivity index (χ3v) is 3.97. The minimum Gasteiger partial charge on any atom is -0.376 e. The predicted molar refractivity (Wildman–Crippen MR) is 91.8 cm³/mol. The predicted octanol–water partition coefficient (Wildman–Crippen LogP) is 2.45. The molecular formula is C18H21FN4O2. The van der Waals surface area contributed by atoms with Gasteiger partial charge in [0, 0.05) is 25.8 Å². The number of rotatable bonds is 6. The molecule has 1 atom stereocenters. The van der Waals surface area contributed by atoms with Crippen LogP contribution < -0.4 is 10.6 Å². The summed E-state index contributed by atoms with van der Waals surface area (Å²) in [5.41, 5.74) is 1.23. The fourth-order valence-electron chi connectivity index (χ4n) is 2.67. The molecule has 132 valence electrons. The largest absolute Gasteiger partial charge is 0.376 e. The van der Waals surface area contributed by atoms with Crippen molar-refractivity contribution in [2.24, 2.45) is 0 Å². The number of halogens is 1. The van der Waals surface area contributed by atoms with Gasteiger partial charge >= 0.3 is 0 Å². The lowest BCUT2D eigenvalue weighted by Gasteiger charge is -2.12. The van der Waals surface area contributed by atoms with Crippen molar-refractivity contribution in [2.75, 3.05) is 18.5 Å². The zero-order chi connectivity index (χ0) is 17.6. The van der Waals surface area contributed by atoms with Crippen LogP contribution in [0.1, 0.15) is 34.7 Å². The van der Waals surface area contributed by atoms with E-state index in [1.165, 1.54) is 12.1 Å². The standard InChI is InChI=1S/C18H21FN4O2/c1-12-22-16(18(24)21-11-15-3-2-8-25-15)9-17(23-12)20-10-13-4-6-14(19)7-5-13/h4-7,9,15H,2-3,8,10-11H2,1H3,(H,21,24)(H,20,22,23). The number of benzene rings is 1. The second-order valence-corrected chi connectivity index (χ2v) is 6.01. The quantitative estimate of drug-likeness (QED) is 0.842. The lowest BCUT2D eigenvalue weighted by atomic mass is 10.2. The van der Waals surface area contributed by atoms with E-state index in [1.54, 1.807) is 25.1 Å². The second kappa shape index (κ2) is 8.02. The highest BCUT2D eigenvalue weighted by atomic mass is 19.1. The van der Waals surface area contributed by atoms with Crippen LogP contribution >= 0.6 is 0 Å². The Morgan fingerprint density at radius 3 is 2.84 bits per heavy atom. The third kappa shape index (κ3) is 4.96. The lowest BCUT2D eigenvalue weighted by Crippen LogP contribution is -2.32. The zero-order valence-electron chi connectivity index (χ0n) is 14.1. The molecule has 0 saturated carbocycles. The molecule has 1 aromatic heterocycles. The van der Waals surface area contributed by atoms with Gasteiger partial charge in [-0.05, 0) is 37.5 Å². The Balaban J connectivity index is 1.60. The molecule has 7 heteroatoms. The van der Waals surface area contributed by atoms with E-state index in [9.17, 15) is 9.18 Å². The highest BCUT2D eigenvalue weighted by Gasteiger charge is 2.17. The zero-order valence-corrected chi connectivity index (χ0v) is 14.1. The molecule has 1 aliphatic heterocycles. The molecule has 0 aliphatic carbocycles. The van der Waals surface area contributed by atoms with Crippen LogP contribution in [0, 0.1) is 12.7 Å². The van der Waals surface area contributed by atoms with Crippen molar-refractivity contribution in [2.45, 2.75) is 32.4 Å². The molecule has 2 N–H and O–H groups in total. The first-order valence-corrected chi connectivity index (χ1v) is 8.34. The maximum absolute atomic E-state index is 12.9. The van der Waals surface area contributed by atoms with Crippen LogP contribution in [-0.2, 0) is 11.3 Å². The van der Waals surface area contributed by atoms with Gasteiger partial charge in [0.05, 0.1) is 6.10 Å². The SMILES string of the molecule is Cc1nc(NCc2ccc(F)cc2)cc(C(=O)NCC2CCCO2)n1. The van der Waals surface area contributed by atoms with Crippen molar-refractivity contribution < 1.29 is 13.9 Å². The molecule has 2 aromatic rings. The average Bonchev–Trinajstić information content (AvgIpc) is 3.12. The summed E-state index contributed by atoms with van der Waals surface area (Å²) in [6.07, 6.45) is 2.08. The number of nitrogens with zero attached hydrogens (tertiary/aromatic N) is 2. The summed E-state index contributed by atoms with van der Waals surface area (Å²) < 4.78 is 18.4. The summed E-state index contributed by atoms with van der Waals surface area (Å²) in [6, 6.07) is 7.83. The molecule has 6 nitrogen and oxygen atoms in total. The molecular weight excluding hydrogens is 323 g/mol. The monoisotopic (exact) mass is 344 g/mol. The Kier molecular flexibility index (Phi) is 5.55. The number of carbonyl (C=O) groups is 1. The number of ether oxygens (including phenoxy) is 1. The number of aryl methyl sites for hydroxylation is 1. The summed E-state index contributed by atoms with van der Waals surface area (Å²) in [5.74, 6) is 0.545. The molecule has 1 saturated heterocycles. The van der Waals surface area contributed by atoms with Crippen molar-refractivity contribution in [1.29, 1.82) is 0 Å². The van der Waals surface area contributed by atoms with Gasteiger partial charge in [-0.25, -0.2) is 14.4 Å². The second-order valence-electron chi connectivity index (χ2n) is 6.01. The highest BCUT2D eigenvalue weighted by molar-refractivity contribution is 5.92. The molecule has 3 rings (SSSR count). The van der Waals surface area contributed by atoms with Gasteiger partial charge in [0.2, 0.25) is 0 Å². The summed E-state index contributed by atoms with van der Waals surface area (Å²) in [6.45, 7) is 3.46. The number of amides is 1. The first-order chi connectivity index (χ1) is 12.1. The summed E-state index contributed by atoms with van der Waals surface area (Å²) >= 11 is 0. The fourth-order valence-corrected chi connectivity index (χ4v) is 2.67. The average molecular weight is 344 g/mol.